The zero-order valence-electron chi connectivity index (χ0n) is 54.9. The monoisotopic (exact) mass is 1080 g/mol. The van der Waals surface area contributed by atoms with Gasteiger partial charge >= 0.3 is 0 Å². The smallest absolute Gasteiger partial charge is 0.232 e. The summed E-state index contributed by atoms with van der Waals surface area (Å²) in [7, 11) is 4.73. The Morgan fingerprint density at radius 3 is 0.740 bits per heavy atom. The second kappa shape index (κ2) is 32.8. The molecule has 0 amide bonds. The van der Waals surface area contributed by atoms with E-state index in [1.807, 2.05) is 0 Å². The highest BCUT2D eigenvalue weighted by Crippen LogP contribution is 2.43. The van der Waals surface area contributed by atoms with E-state index in [-0.39, 0.29) is 33.2 Å². The lowest BCUT2D eigenvalue weighted by Crippen LogP contribution is -2.63. The third kappa shape index (κ3) is 22.9. The molecular formula is C68H133N9. The van der Waals surface area contributed by atoms with E-state index in [0.29, 0.717) is 18.1 Å². The van der Waals surface area contributed by atoms with Gasteiger partial charge in [0.05, 0.1) is 0 Å². The zero-order chi connectivity index (χ0) is 56.8. The van der Waals surface area contributed by atoms with Gasteiger partial charge in [0, 0.05) is 71.0 Å². The Balaban J connectivity index is 1.84. The molecule has 9 nitrogen and oxygen atoms in total. The van der Waals surface area contributed by atoms with Gasteiger partial charge in [0.25, 0.3) is 0 Å². The van der Waals surface area contributed by atoms with Crippen LogP contribution < -0.4 is 20.0 Å². The summed E-state index contributed by atoms with van der Waals surface area (Å²) in [6.45, 7) is 39.6. The van der Waals surface area contributed by atoms with Gasteiger partial charge in [-0.05, 0) is 155 Å². The zero-order valence-corrected chi connectivity index (χ0v) is 54.9. The van der Waals surface area contributed by atoms with E-state index in [0.717, 1.165) is 76.0 Å². The molecule has 0 spiro atoms. The van der Waals surface area contributed by atoms with Crippen LogP contribution in [0.5, 0.6) is 0 Å². The standard InChI is InChI=1S/C68H133N9/c1-18-21-24-27-30-33-36-39-42-45-48-75(57-51-63(4,5)72-64(6,7)52-57)60-69-61(76(49-46-43-40-37-34-31-28-25-22-19-2)58-53-65(8,9)73(16)66(10,11)54-58)71-62(70-60)77(50-47-44-41-38-35-32-29-26-23-20-3)59-55-67(12,13)74(17)68(14,15)56-59/h57-59,72H,18-56H2,1-17H3. The predicted molar refractivity (Wildman–Crippen MR) is 340 cm³/mol. The lowest BCUT2D eigenvalue weighted by molar-refractivity contribution is -0.0130. The molecule has 1 N–H and O–H groups in total. The van der Waals surface area contributed by atoms with Crippen molar-refractivity contribution < 1.29 is 0 Å². The van der Waals surface area contributed by atoms with E-state index in [1.54, 1.807) is 0 Å². The Hall–Kier alpha value is -1.71. The molecule has 0 atom stereocenters. The van der Waals surface area contributed by atoms with Crippen LogP contribution in [0.3, 0.4) is 0 Å². The fraction of sp³-hybridized carbons (Fsp3) is 0.956. The van der Waals surface area contributed by atoms with Crippen LogP contribution in [0.15, 0.2) is 0 Å². The molecule has 0 aliphatic carbocycles. The molecule has 3 saturated heterocycles. The molecule has 4 rings (SSSR count). The molecule has 9 heteroatoms. The normalized spacial score (nSPS) is 20.7. The lowest BCUT2D eigenvalue weighted by Gasteiger charge is -2.56. The molecule has 4 heterocycles. The first-order valence-electron chi connectivity index (χ1n) is 33.7. The van der Waals surface area contributed by atoms with Crippen LogP contribution >= 0.6 is 0 Å². The van der Waals surface area contributed by atoms with Crippen LogP contribution in [0.25, 0.3) is 0 Å². The van der Waals surface area contributed by atoms with Crippen LogP contribution in [0, 0.1) is 0 Å². The van der Waals surface area contributed by atoms with Crippen LogP contribution in [-0.2, 0) is 0 Å². The predicted octanol–water partition coefficient (Wildman–Crippen LogP) is 18.7. The number of nitrogens with one attached hydrogen (secondary N) is 1. The lowest BCUT2D eigenvalue weighted by atomic mass is 9.77. The second-order valence-electron chi connectivity index (χ2n) is 29.8. The average Bonchev–Trinajstić information content (AvgIpc) is 3.34. The molecule has 3 fully saturated rings. The first-order chi connectivity index (χ1) is 36.4. The summed E-state index contributed by atoms with van der Waals surface area (Å²) in [5, 5.41) is 4.06. The Kier molecular flexibility index (Phi) is 28.9. The van der Waals surface area contributed by atoms with Crippen molar-refractivity contribution in [2.45, 2.75) is 386 Å². The Bertz CT molecular complexity index is 1600. The molecule has 3 aliphatic rings. The third-order valence-corrected chi connectivity index (χ3v) is 19.7. The fourth-order valence-electron chi connectivity index (χ4n) is 14.9. The van der Waals surface area contributed by atoms with Crippen molar-refractivity contribution in [1.29, 1.82) is 0 Å². The molecule has 3 aliphatic heterocycles. The number of likely N-dealkylation sites (tertiary alicyclic amines) is 2. The molecule has 0 bridgehead atoms. The van der Waals surface area contributed by atoms with E-state index in [1.165, 1.54) is 193 Å². The maximum atomic E-state index is 5.95. The summed E-state index contributed by atoms with van der Waals surface area (Å²) in [6, 6.07) is 1.000. The SMILES string of the molecule is CCCCCCCCCCCCN(c1nc(N(CCCCCCCCCCCC)C2CC(C)(C)N(C)C(C)(C)C2)nc(N(CCCCCCCCCCCC)C2CC(C)(C)N(C)C(C)(C)C2)n1)C1CC(C)(C)NC(C)(C)C1. The maximum absolute atomic E-state index is 5.95. The van der Waals surface area contributed by atoms with E-state index in [9.17, 15) is 0 Å². The number of anilines is 3. The van der Waals surface area contributed by atoms with Gasteiger partial charge < -0.3 is 20.0 Å². The number of unbranched alkanes of at least 4 members (excludes halogenated alkanes) is 27. The fourth-order valence-corrected chi connectivity index (χ4v) is 14.9. The topological polar surface area (TPSA) is 66.9 Å². The molecular weight excluding hydrogens is 943 g/mol. The van der Waals surface area contributed by atoms with Crippen molar-refractivity contribution in [3.8, 4) is 0 Å². The largest absolute Gasteiger partial charge is 0.338 e. The Morgan fingerprint density at radius 1 is 0.325 bits per heavy atom. The number of hydrogen-bond acceptors (Lipinski definition) is 9. The van der Waals surface area contributed by atoms with E-state index >= 15 is 0 Å². The summed E-state index contributed by atoms with van der Waals surface area (Å²) in [5.74, 6) is 2.84. The molecule has 0 radical (unpaired) electrons. The number of aromatic nitrogens is 3. The van der Waals surface area contributed by atoms with Crippen LogP contribution in [0.1, 0.15) is 335 Å². The van der Waals surface area contributed by atoms with E-state index < -0.39 is 0 Å². The van der Waals surface area contributed by atoms with Gasteiger partial charge in [0.1, 0.15) is 0 Å². The van der Waals surface area contributed by atoms with Gasteiger partial charge in [0.15, 0.2) is 0 Å². The summed E-state index contributed by atoms with van der Waals surface area (Å²) in [5.41, 5.74) is 0.175. The first-order valence-corrected chi connectivity index (χ1v) is 33.7. The van der Waals surface area contributed by atoms with Crippen molar-refractivity contribution in [3.05, 3.63) is 0 Å². The van der Waals surface area contributed by atoms with Gasteiger partial charge in [0.2, 0.25) is 17.8 Å². The molecule has 77 heavy (non-hydrogen) atoms. The van der Waals surface area contributed by atoms with Gasteiger partial charge in [-0.3, -0.25) is 9.80 Å². The maximum Gasteiger partial charge on any atom is 0.232 e. The van der Waals surface area contributed by atoms with Crippen molar-refractivity contribution in [2.24, 2.45) is 0 Å². The molecule has 0 unspecified atom stereocenters. The number of nitrogens with zero attached hydrogens (tertiary/aromatic N) is 8. The van der Waals surface area contributed by atoms with Gasteiger partial charge in [-0.25, -0.2) is 0 Å². The quantitative estimate of drug-likeness (QED) is 0.0650. The number of piperidine rings is 3. The Morgan fingerprint density at radius 2 is 0.519 bits per heavy atom. The molecule has 0 aromatic carbocycles. The molecule has 0 saturated carbocycles. The second-order valence-corrected chi connectivity index (χ2v) is 29.8. The number of rotatable bonds is 39. The van der Waals surface area contributed by atoms with Crippen molar-refractivity contribution >= 4 is 17.8 Å². The van der Waals surface area contributed by atoms with Crippen molar-refractivity contribution in [1.82, 2.24) is 30.1 Å². The van der Waals surface area contributed by atoms with Crippen molar-refractivity contribution in [3.63, 3.8) is 0 Å². The summed E-state index contributed by atoms with van der Waals surface area (Å²) in [4.78, 5) is 31.4. The Labute approximate surface area is 480 Å². The highest BCUT2D eigenvalue weighted by Gasteiger charge is 2.48. The average molecular weight is 1080 g/mol. The molecule has 1 aromatic heterocycles. The van der Waals surface area contributed by atoms with E-state index in [4.69, 9.17) is 15.0 Å². The molecule has 1 aromatic rings. The van der Waals surface area contributed by atoms with Crippen molar-refractivity contribution in [2.75, 3.05) is 48.4 Å². The minimum absolute atomic E-state index is 0.000790. The van der Waals surface area contributed by atoms with Crippen LogP contribution in [0.4, 0.5) is 17.8 Å². The van der Waals surface area contributed by atoms with Crippen LogP contribution in [-0.4, -0.2) is 110 Å². The van der Waals surface area contributed by atoms with Gasteiger partial charge in [-0.1, -0.05) is 194 Å². The van der Waals surface area contributed by atoms with Crippen LogP contribution in [0.2, 0.25) is 0 Å². The molecule has 450 valence electrons. The minimum atomic E-state index is 0.000790. The minimum Gasteiger partial charge on any atom is -0.338 e. The van der Waals surface area contributed by atoms with Gasteiger partial charge in [-0.2, -0.15) is 15.0 Å². The van der Waals surface area contributed by atoms with E-state index in [2.05, 4.69) is 148 Å². The summed E-state index contributed by atoms with van der Waals surface area (Å²) < 4.78 is 0. The third-order valence-electron chi connectivity index (χ3n) is 19.7. The van der Waals surface area contributed by atoms with Gasteiger partial charge in [-0.15, -0.1) is 0 Å². The highest BCUT2D eigenvalue weighted by molar-refractivity contribution is 5.49. The highest BCUT2D eigenvalue weighted by atomic mass is 15.4. The summed E-state index contributed by atoms with van der Waals surface area (Å²) >= 11 is 0. The first kappa shape index (κ1) is 67.8. The number of hydrogen-bond donors (Lipinski definition) is 1. The summed E-state index contributed by atoms with van der Waals surface area (Å²) in [6.07, 6.45) is 46.8.